The van der Waals surface area contributed by atoms with Gasteiger partial charge >= 0.3 is 6.36 Å². The second-order valence-electron chi connectivity index (χ2n) is 6.31. The first-order valence-electron chi connectivity index (χ1n) is 8.39. The minimum atomic E-state index is -4.88. The van der Waals surface area contributed by atoms with Gasteiger partial charge in [-0.05, 0) is 49.6 Å². The number of alkyl halides is 3. The first-order valence-corrected chi connectivity index (χ1v) is 8.39. The predicted molar refractivity (Wildman–Crippen MR) is 102 cm³/mol. The fourth-order valence-electron chi connectivity index (χ4n) is 2.52. The first-order chi connectivity index (χ1) is 13.1. The highest BCUT2D eigenvalue weighted by Gasteiger charge is 2.32. The maximum Gasteiger partial charge on any atom is 0.573 e. The number of halogens is 3. The van der Waals surface area contributed by atoms with Crippen molar-refractivity contribution >= 4 is 12.2 Å². The van der Waals surface area contributed by atoms with E-state index in [1.54, 1.807) is 30.4 Å². The van der Waals surface area contributed by atoms with Crippen LogP contribution in [0.3, 0.4) is 0 Å². The Labute approximate surface area is 161 Å². The van der Waals surface area contributed by atoms with E-state index in [4.69, 9.17) is 4.74 Å². The van der Waals surface area contributed by atoms with Crippen LogP contribution in [-0.2, 0) is 6.42 Å². The number of phenols is 2. The van der Waals surface area contributed by atoms with Crippen LogP contribution in [0.1, 0.15) is 30.5 Å². The van der Waals surface area contributed by atoms with Crippen molar-refractivity contribution in [1.82, 2.24) is 0 Å². The molecule has 0 bridgehead atoms. The first kappa shape index (κ1) is 21.2. The number of hydrogen-bond acceptors (Lipinski definition) is 4. The van der Waals surface area contributed by atoms with Crippen molar-refractivity contribution in [3.8, 4) is 23.0 Å². The average Bonchev–Trinajstić information content (AvgIpc) is 2.58. The van der Waals surface area contributed by atoms with Gasteiger partial charge in [0.1, 0.15) is 11.5 Å². The number of benzene rings is 2. The molecular formula is C21H21F3O4. The lowest BCUT2D eigenvalue weighted by atomic mass is 10.00. The Bertz CT molecular complexity index is 895. The molecule has 2 aromatic carbocycles. The summed E-state index contributed by atoms with van der Waals surface area (Å²) in [4.78, 5) is 0. The van der Waals surface area contributed by atoms with Crippen molar-refractivity contribution in [2.45, 2.75) is 26.6 Å². The minimum Gasteiger partial charge on any atom is -0.508 e. The maximum absolute atomic E-state index is 12.8. The van der Waals surface area contributed by atoms with E-state index in [9.17, 15) is 23.4 Å². The smallest absolute Gasteiger partial charge is 0.508 e. The number of hydrogen-bond donors (Lipinski definition) is 2. The summed E-state index contributed by atoms with van der Waals surface area (Å²) in [6, 6.07) is 6.97. The average molecular weight is 394 g/mol. The van der Waals surface area contributed by atoms with E-state index < -0.39 is 12.1 Å². The number of methoxy groups -OCH3 is 1. The molecule has 2 rings (SSSR count). The van der Waals surface area contributed by atoms with E-state index in [1.165, 1.54) is 19.2 Å². The Balaban J connectivity index is 2.50. The Hall–Kier alpha value is -3.09. The van der Waals surface area contributed by atoms with E-state index in [1.807, 2.05) is 13.8 Å². The zero-order chi connectivity index (χ0) is 20.9. The quantitative estimate of drug-likeness (QED) is 0.489. The lowest BCUT2D eigenvalue weighted by Gasteiger charge is -2.15. The normalized spacial score (nSPS) is 11.5. The second kappa shape index (κ2) is 8.73. The second-order valence-corrected chi connectivity index (χ2v) is 6.31. The van der Waals surface area contributed by atoms with Gasteiger partial charge in [-0.1, -0.05) is 29.9 Å². The molecule has 4 nitrogen and oxygen atoms in total. The van der Waals surface area contributed by atoms with E-state index in [-0.39, 0.29) is 23.7 Å². The van der Waals surface area contributed by atoms with Crippen LogP contribution in [0, 0.1) is 0 Å². The summed E-state index contributed by atoms with van der Waals surface area (Å²) in [7, 11) is 1.41. The molecule has 0 fully saturated rings. The van der Waals surface area contributed by atoms with E-state index in [2.05, 4.69) is 4.74 Å². The number of aromatic hydroxyl groups is 2. The Kier molecular flexibility index (Phi) is 6.62. The van der Waals surface area contributed by atoms with Gasteiger partial charge in [-0.25, -0.2) is 0 Å². The van der Waals surface area contributed by atoms with Crippen LogP contribution in [0.4, 0.5) is 13.2 Å². The summed E-state index contributed by atoms with van der Waals surface area (Å²) in [6.07, 6.45) is 0.311. The van der Waals surface area contributed by atoms with E-state index in [0.29, 0.717) is 16.7 Å². The number of rotatable bonds is 6. The number of ether oxygens (including phenoxy) is 2. The molecule has 0 aliphatic carbocycles. The molecular weight excluding hydrogens is 373 g/mol. The van der Waals surface area contributed by atoms with Crippen molar-refractivity contribution in [2.75, 3.05) is 7.11 Å². The molecule has 2 N–H and O–H groups in total. The molecule has 0 atom stereocenters. The summed E-state index contributed by atoms with van der Waals surface area (Å²) < 4.78 is 47.5. The van der Waals surface area contributed by atoms with Gasteiger partial charge < -0.3 is 19.7 Å². The minimum absolute atomic E-state index is 0.0258. The fourth-order valence-corrected chi connectivity index (χ4v) is 2.52. The van der Waals surface area contributed by atoms with Gasteiger partial charge in [0.05, 0.1) is 7.11 Å². The van der Waals surface area contributed by atoms with E-state index >= 15 is 0 Å². The molecule has 0 spiro atoms. The molecule has 0 saturated heterocycles. The van der Waals surface area contributed by atoms with Crippen molar-refractivity contribution in [3.63, 3.8) is 0 Å². The van der Waals surface area contributed by atoms with Crippen molar-refractivity contribution in [3.05, 3.63) is 58.7 Å². The standard InChI is InChI=1S/C21H21F3O4/c1-13(2)4-8-17-15(11-16(25)12-19(17)28-21(22,23)24)7-5-14-6-9-18(26)20(10-14)27-3/h4-7,9-12,25-26H,8H2,1-3H3. The maximum atomic E-state index is 12.8. The third-order valence-electron chi connectivity index (χ3n) is 3.83. The summed E-state index contributed by atoms with van der Waals surface area (Å²) in [5.41, 5.74) is 2.26. The SMILES string of the molecule is COc1cc(C=Cc2cc(O)cc(OC(F)(F)F)c2CC=C(C)C)ccc1O. The lowest BCUT2D eigenvalue weighted by Crippen LogP contribution is -2.18. The van der Waals surface area contributed by atoms with Crippen molar-refractivity contribution in [2.24, 2.45) is 0 Å². The number of allylic oxidation sites excluding steroid dienone is 2. The molecule has 0 amide bonds. The molecule has 0 aliphatic heterocycles. The lowest BCUT2D eigenvalue weighted by molar-refractivity contribution is -0.274. The third-order valence-corrected chi connectivity index (χ3v) is 3.83. The number of phenolic OH excluding ortho intramolecular Hbond substituents is 2. The molecule has 0 unspecified atom stereocenters. The largest absolute Gasteiger partial charge is 0.573 e. The molecule has 0 heterocycles. The Morgan fingerprint density at radius 2 is 1.75 bits per heavy atom. The van der Waals surface area contributed by atoms with Gasteiger partial charge in [-0.15, -0.1) is 13.2 Å². The zero-order valence-corrected chi connectivity index (χ0v) is 15.7. The molecule has 7 heteroatoms. The fraction of sp³-hybridized carbons (Fsp3) is 0.238. The molecule has 0 saturated carbocycles. The summed E-state index contributed by atoms with van der Waals surface area (Å²) >= 11 is 0. The molecule has 2 aromatic rings. The topological polar surface area (TPSA) is 58.9 Å². The highest BCUT2D eigenvalue weighted by Crippen LogP contribution is 2.35. The molecule has 150 valence electrons. The van der Waals surface area contributed by atoms with Crippen LogP contribution < -0.4 is 9.47 Å². The van der Waals surface area contributed by atoms with Crippen LogP contribution in [0.15, 0.2) is 42.0 Å². The molecule has 0 aliphatic rings. The van der Waals surface area contributed by atoms with Gasteiger partial charge in [0.25, 0.3) is 0 Å². The van der Waals surface area contributed by atoms with E-state index in [0.717, 1.165) is 11.6 Å². The van der Waals surface area contributed by atoms with Gasteiger partial charge in [0, 0.05) is 11.6 Å². The van der Waals surface area contributed by atoms with Crippen molar-refractivity contribution in [1.29, 1.82) is 0 Å². The summed E-state index contributed by atoms with van der Waals surface area (Å²) in [5.74, 6) is -0.554. The van der Waals surface area contributed by atoms with Crippen LogP contribution in [0.25, 0.3) is 12.2 Å². The zero-order valence-electron chi connectivity index (χ0n) is 15.7. The van der Waals surface area contributed by atoms with Gasteiger partial charge in [0.2, 0.25) is 0 Å². The highest BCUT2D eigenvalue weighted by molar-refractivity contribution is 5.74. The van der Waals surface area contributed by atoms with Crippen LogP contribution >= 0.6 is 0 Å². The summed E-state index contributed by atoms with van der Waals surface area (Å²) in [6.45, 7) is 3.67. The molecule has 0 radical (unpaired) electrons. The van der Waals surface area contributed by atoms with Crippen LogP contribution in [-0.4, -0.2) is 23.7 Å². The molecule has 0 aromatic heterocycles. The predicted octanol–water partition coefficient (Wildman–Crippen LogP) is 5.68. The van der Waals surface area contributed by atoms with Crippen LogP contribution in [0.5, 0.6) is 23.0 Å². The van der Waals surface area contributed by atoms with Gasteiger partial charge in [-0.3, -0.25) is 0 Å². The van der Waals surface area contributed by atoms with Crippen molar-refractivity contribution < 1.29 is 32.9 Å². The van der Waals surface area contributed by atoms with Crippen LogP contribution in [0.2, 0.25) is 0 Å². The molecule has 28 heavy (non-hydrogen) atoms. The van der Waals surface area contributed by atoms with Gasteiger partial charge in [0.15, 0.2) is 11.5 Å². The third kappa shape index (κ3) is 5.97. The Morgan fingerprint density at radius 3 is 2.36 bits per heavy atom. The Morgan fingerprint density at radius 1 is 1.04 bits per heavy atom. The van der Waals surface area contributed by atoms with Gasteiger partial charge in [-0.2, -0.15) is 0 Å². The summed E-state index contributed by atoms with van der Waals surface area (Å²) in [5, 5.41) is 19.5. The monoisotopic (exact) mass is 394 g/mol. The highest BCUT2D eigenvalue weighted by atomic mass is 19.4.